The maximum atomic E-state index is 12.4. The van der Waals surface area contributed by atoms with Gasteiger partial charge in [-0.25, -0.2) is 4.98 Å². The number of hydrogen-bond donors (Lipinski definition) is 1. The van der Waals surface area contributed by atoms with Crippen LogP contribution in [0.4, 0.5) is 0 Å². The zero-order valence-electron chi connectivity index (χ0n) is 13.7. The van der Waals surface area contributed by atoms with E-state index >= 15 is 0 Å². The molecule has 0 spiro atoms. The second-order valence-electron chi connectivity index (χ2n) is 5.58. The van der Waals surface area contributed by atoms with Crippen molar-refractivity contribution in [3.63, 3.8) is 0 Å². The van der Waals surface area contributed by atoms with Gasteiger partial charge in [0.2, 0.25) is 6.79 Å². The van der Waals surface area contributed by atoms with Gasteiger partial charge in [0, 0.05) is 17.7 Å². The minimum absolute atomic E-state index is 0.176. The van der Waals surface area contributed by atoms with E-state index in [2.05, 4.69) is 15.5 Å². The van der Waals surface area contributed by atoms with E-state index in [9.17, 15) is 4.79 Å². The molecule has 1 amide bonds. The molecule has 1 N–H and O–H groups in total. The molecule has 1 aromatic carbocycles. The van der Waals surface area contributed by atoms with Crippen LogP contribution in [0.15, 0.2) is 28.9 Å². The van der Waals surface area contributed by atoms with Crippen molar-refractivity contribution in [2.45, 2.75) is 20.4 Å². The van der Waals surface area contributed by atoms with Gasteiger partial charge >= 0.3 is 0 Å². The first-order chi connectivity index (χ1) is 12.1. The number of amides is 1. The van der Waals surface area contributed by atoms with Crippen LogP contribution >= 0.6 is 11.3 Å². The first-order valence-corrected chi connectivity index (χ1v) is 8.49. The van der Waals surface area contributed by atoms with Crippen molar-refractivity contribution >= 4 is 17.2 Å². The Morgan fingerprint density at radius 3 is 2.92 bits per heavy atom. The summed E-state index contributed by atoms with van der Waals surface area (Å²) < 4.78 is 15.8. The molecule has 0 aliphatic carbocycles. The number of thiazole rings is 1. The van der Waals surface area contributed by atoms with E-state index in [1.54, 1.807) is 6.20 Å². The Hall–Kier alpha value is -2.87. The molecule has 4 rings (SSSR count). The number of ether oxygens (including phenoxy) is 2. The lowest BCUT2D eigenvalue weighted by Gasteiger charge is -2.02. The first kappa shape index (κ1) is 15.6. The van der Waals surface area contributed by atoms with Crippen LogP contribution in [0, 0.1) is 13.8 Å². The highest BCUT2D eigenvalue weighted by atomic mass is 32.1. The average Bonchev–Trinajstić information content (AvgIpc) is 3.33. The van der Waals surface area contributed by atoms with Crippen LogP contribution in [0.1, 0.15) is 26.7 Å². The highest BCUT2D eigenvalue weighted by molar-refractivity contribution is 7.16. The van der Waals surface area contributed by atoms with Gasteiger partial charge in [0.1, 0.15) is 15.6 Å². The van der Waals surface area contributed by atoms with Gasteiger partial charge in [-0.3, -0.25) is 4.79 Å². The Bertz CT molecular complexity index is 928. The fourth-order valence-electron chi connectivity index (χ4n) is 2.55. The molecule has 0 saturated carbocycles. The fourth-order valence-corrected chi connectivity index (χ4v) is 3.38. The molecule has 7 nitrogen and oxygen atoms in total. The number of carbonyl (C=O) groups is 1. The van der Waals surface area contributed by atoms with Crippen molar-refractivity contribution in [3.05, 3.63) is 46.3 Å². The second kappa shape index (κ2) is 6.21. The number of rotatable bonds is 4. The molecule has 3 heterocycles. The molecule has 8 heteroatoms. The topological polar surface area (TPSA) is 86.5 Å². The molecule has 1 aliphatic heterocycles. The lowest BCUT2D eigenvalue weighted by Crippen LogP contribution is -2.22. The van der Waals surface area contributed by atoms with Gasteiger partial charge in [-0.1, -0.05) is 5.16 Å². The molecule has 0 radical (unpaired) electrons. The Kier molecular flexibility index (Phi) is 3.89. The van der Waals surface area contributed by atoms with E-state index in [4.69, 9.17) is 14.0 Å². The summed E-state index contributed by atoms with van der Waals surface area (Å²) in [5.74, 6) is 1.95. The van der Waals surface area contributed by atoms with E-state index in [1.807, 2.05) is 32.0 Å². The van der Waals surface area contributed by atoms with Crippen molar-refractivity contribution < 1.29 is 18.8 Å². The first-order valence-electron chi connectivity index (χ1n) is 7.67. The summed E-state index contributed by atoms with van der Waals surface area (Å²) in [6.07, 6.45) is 1.58. The van der Waals surface area contributed by atoms with Crippen LogP contribution in [0.3, 0.4) is 0 Å². The summed E-state index contributed by atoms with van der Waals surface area (Å²) in [6.45, 7) is 4.28. The highest BCUT2D eigenvalue weighted by Crippen LogP contribution is 2.36. The number of nitrogens with one attached hydrogen (secondary N) is 1. The van der Waals surface area contributed by atoms with Gasteiger partial charge in [0.05, 0.1) is 11.9 Å². The maximum Gasteiger partial charge on any atom is 0.263 e. The van der Waals surface area contributed by atoms with Crippen LogP contribution < -0.4 is 14.8 Å². The van der Waals surface area contributed by atoms with Crippen LogP contribution in [0.25, 0.3) is 10.6 Å². The number of nitrogens with zero attached hydrogens (tertiary/aromatic N) is 2. The molecule has 0 unspecified atom stereocenters. The largest absolute Gasteiger partial charge is 0.454 e. The van der Waals surface area contributed by atoms with Gasteiger partial charge < -0.3 is 19.3 Å². The Balaban J connectivity index is 1.48. The third-order valence-corrected chi connectivity index (χ3v) is 5.00. The average molecular weight is 357 g/mol. The minimum Gasteiger partial charge on any atom is -0.454 e. The van der Waals surface area contributed by atoms with Crippen molar-refractivity contribution in [2.75, 3.05) is 6.79 Å². The van der Waals surface area contributed by atoms with Crippen LogP contribution in [0.5, 0.6) is 11.5 Å². The summed E-state index contributed by atoms with van der Waals surface area (Å²) in [5, 5.41) is 7.51. The van der Waals surface area contributed by atoms with Crippen LogP contribution in [-0.4, -0.2) is 22.8 Å². The minimum atomic E-state index is -0.176. The zero-order valence-corrected chi connectivity index (χ0v) is 14.5. The van der Waals surface area contributed by atoms with E-state index in [0.717, 1.165) is 27.6 Å². The van der Waals surface area contributed by atoms with Gasteiger partial charge in [-0.05, 0) is 32.0 Å². The van der Waals surface area contributed by atoms with Gasteiger partial charge in [0.25, 0.3) is 5.91 Å². The van der Waals surface area contributed by atoms with Crippen molar-refractivity contribution in [3.8, 4) is 22.1 Å². The summed E-state index contributed by atoms with van der Waals surface area (Å²) in [6, 6.07) is 5.61. The molecule has 0 saturated heterocycles. The lowest BCUT2D eigenvalue weighted by atomic mass is 10.2. The number of aryl methyl sites for hydroxylation is 2. The third kappa shape index (κ3) is 2.96. The van der Waals surface area contributed by atoms with Crippen molar-refractivity contribution in [1.29, 1.82) is 0 Å². The molecule has 0 fully saturated rings. The van der Waals surface area contributed by atoms with Gasteiger partial charge in [-0.2, -0.15) is 0 Å². The van der Waals surface area contributed by atoms with Gasteiger partial charge in [0.15, 0.2) is 11.5 Å². The Morgan fingerprint density at radius 2 is 2.12 bits per heavy atom. The molecule has 3 aromatic rings. The molecule has 2 aromatic heterocycles. The third-order valence-electron chi connectivity index (χ3n) is 3.96. The Labute approximate surface area is 147 Å². The smallest absolute Gasteiger partial charge is 0.263 e. The monoisotopic (exact) mass is 357 g/mol. The van der Waals surface area contributed by atoms with E-state index < -0.39 is 0 Å². The number of carbonyl (C=O) groups excluding carboxylic acids is 1. The van der Waals surface area contributed by atoms with E-state index in [1.165, 1.54) is 11.3 Å². The number of hydrogen-bond acceptors (Lipinski definition) is 7. The Morgan fingerprint density at radius 1 is 1.28 bits per heavy atom. The van der Waals surface area contributed by atoms with E-state index in [-0.39, 0.29) is 12.7 Å². The van der Waals surface area contributed by atoms with E-state index in [0.29, 0.717) is 22.9 Å². The summed E-state index contributed by atoms with van der Waals surface area (Å²) >= 11 is 1.33. The number of aromatic nitrogens is 2. The second-order valence-corrected chi connectivity index (χ2v) is 6.61. The lowest BCUT2D eigenvalue weighted by molar-refractivity contribution is 0.0954. The number of fused-ring (bicyclic) bond motifs is 1. The SMILES string of the molecule is Cc1noc(C)c1CNC(=O)c1cnc(-c2ccc3c(c2)OCO3)s1. The van der Waals surface area contributed by atoms with Gasteiger partial charge in [-0.15, -0.1) is 11.3 Å². The summed E-state index contributed by atoms with van der Waals surface area (Å²) in [5.41, 5.74) is 2.57. The van der Waals surface area contributed by atoms with Crippen molar-refractivity contribution in [1.82, 2.24) is 15.5 Å². The zero-order chi connectivity index (χ0) is 17.4. The molecule has 25 heavy (non-hydrogen) atoms. The van der Waals surface area contributed by atoms with Crippen molar-refractivity contribution in [2.24, 2.45) is 0 Å². The predicted octanol–water partition coefficient (Wildman–Crippen LogP) is 3.07. The molecular formula is C17H15N3O4S. The predicted molar refractivity (Wildman–Crippen MR) is 90.8 cm³/mol. The quantitative estimate of drug-likeness (QED) is 0.772. The normalized spacial score (nSPS) is 12.4. The molecular weight excluding hydrogens is 342 g/mol. The highest BCUT2D eigenvalue weighted by Gasteiger charge is 2.17. The standard InChI is InChI=1S/C17H15N3O4S/c1-9-12(10(2)24-20-9)6-18-16(21)15-7-19-17(25-15)11-3-4-13-14(5-11)23-8-22-13/h3-5,7H,6,8H2,1-2H3,(H,18,21). The fraction of sp³-hybridized carbons (Fsp3) is 0.235. The number of benzene rings is 1. The summed E-state index contributed by atoms with van der Waals surface area (Å²) in [4.78, 5) is 17.2. The molecule has 0 bridgehead atoms. The molecule has 0 atom stereocenters. The summed E-state index contributed by atoms with van der Waals surface area (Å²) in [7, 11) is 0. The van der Waals surface area contributed by atoms with Crippen LogP contribution in [-0.2, 0) is 6.54 Å². The molecule has 1 aliphatic rings. The molecule has 128 valence electrons. The maximum absolute atomic E-state index is 12.4. The van der Waals surface area contributed by atoms with Crippen LogP contribution in [0.2, 0.25) is 0 Å².